The van der Waals surface area contributed by atoms with E-state index in [-0.39, 0.29) is 12.2 Å². The maximum atomic E-state index is 12.1. The Balaban J connectivity index is 2.04. The van der Waals surface area contributed by atoms with Crippen molar-refractivity contribution >= 4 is 51.9 Å². The fourth-order valence-corrected chi connectivity index (χ4v) is 2.32. The minimum Gasteiger partial charge on any atom is -0.350 e. The number of hydrogen-bond acceptors (Lipinski definition) is 2. The summed E-state index contributed by atoms with van der Waals surface area (Å²) in [4.78, 5) is 12.6. The van der Waals surface area contributed by atoms with Crippen molar-refractivity contribution in [1.82, 2.24) is 0 Å². The van der Waals surface area contributed by atoms with Crippen molar-refractivity contribution < 1.29 is 4.79 Å². The van der Waals surface area contributed by atoms with Crippen molar-refractivity contribution in [3.05, 3.63) is 64.1 Å². The molecule has 0 amide bonds. The summed E-state index contributed by atoms with van der Waals surface area (Å²) < 4.78 is 0. The molecule has 20 heavy (non-hydrogen) atoms. The van der Waals surface area contributed by atoms with Gasteiger partial charge >= 0.3 is 0 Å². The topological polar surface area (TPSA) is 29.1 Å². The summed E-state index contributed by atoms with van der Waals surface area (Å²) in [5.41, 5.74) is 1.24. The first-order valence-electron chi connectivity index (χ1n) is 5.89. The molecule has 0 atom stereocenters. The second-order valence-corrected chi connectivity index (χ2v) is 5.47. The smallest absolute Gasteiger partial charge is 0.171 e. The van der Waals surface area contributed by atoms with Crippen LogP contribution in [0, 0.1) is 0 Å². The van der Waals surface area contributed by atoms with E-state index in [1.54, 1.807) is 18.2 Å². The summed E-state index contributed by atoms with van der Waals surface area (Å²) in [7, 11) is 0. The molecule has 0 unspecified atom stereocenters. The van der Waals surface area contributed by atoms with Gasteiger partial charge in [0.15, 0.2) is 5.78 Å². The molecular weight excluding hydrogens is 313 g/mol. The van der Waals surface area contributed by atoms with Crippen LogP contribution in [0.5, 0.6) is 0 Å². The lowest BCUT2D eigenvalue weighted by Gasteiger charge is -2.08. The van der Waals surface area contributed by atoms with Gasteiger partial charge in [0.25, 0.3) is 0 Å². The Labute approximate surface area is 132 Å². The first kappa shape index (κ1) is 15.0. The molecule has 2 aromatic carbocycles. The van der Waals surface area contributed by atoms with Crippen LogP contribution in [0.3, 0.4) is 0 Å². The Morgan fingerprint density at radius 3 is 2.50 bits per heavy atom. The van der Waals surface area contributed by atoms with Gasteiger partial charge in [0.2, 0.25) is 0 Å². The zero-order valence-corrected chi connectivity index (χ0v) is 12.7. The number of ketones is 1. The summed E-state index contributed by atoms with van der Waals surface area (Å²) in [5, 5.41) is 3.86. The Morgan fingerprint density at radius 1 is 1.10 bits per heavy atom. The van der Waals surface area contributed by atoms with Gasteiger partial charge in [-0.05, 0) is 30.3 Å². The minimum atomic E-state index is -0.161. The number of carbonyl (C=O) groups is 1. The van der Waals surface area contributed by atoms with Crippen LogP contribution in [0.1, 0.15) is 16.8 Å². The predicted molar refractivity (Wildman–Crippen MR) is 88.1 cm³/mol. The van der Waals surface area contributed by atoms with Gasteiger partial charge in [-0.15, -0.1) is 0 Å². The molecule has 0 fully saturated rings. The van der Waals surface area contributed by atoms with E-state index in [2.05, 4.69) is 5.32 Å². The lowest BCUT2D eigenvalue weighted by molar-refractivity contribution is 0.100. The van der Waals surface area contributed by atoms with E-state index < -0.39 is 0 Å². The quantitative estimate of drug-likeness (QED) is 0.633. The fraction of sp³-hybridized carbons (Fsp3) is 0.0667. The molecular formula is C15H11Cl2NOS. The zero-order chi connectivity index (χ0) is 14.5. The Morgan fingerprint density at radius 2 is 1.80 bits per heavy atom. The van der Waals surface area contributed by atoms with Crippen LogP contribution in [-0.2, 0) is 0 Å². The van der Waals surface area contributed by atoms with Crippen LogP contribution in [0.15, 0.2) is 48.5 Å². The van der Waals surface area contributed by atoms with E-state index in [0.29, 0.717) is 20.6 Å². The van der Waals surface area contributed by atoms with Gasteiger partial charge in [-0.25, -0.2) is 0 Å². The van der Waals surface area contributed by atoms with Crippen LogP contribution in [0.2, 0.25) is 10.0 Å². The highest BCUT2D eigenvalue weighted by molar-refractivity contribution is 7.80. The number of anilines is 1. The monoisotopic (exact) mass is 323 g/mol. The summed E-state index contributed by atoms with van der Waals surface area (Å²) in [6.45, 7) is 0. The molecule has 0 aliphatic heterocycles. The molecule has 1 N–H and O–H groups in total. The first-order chi connectivity index (χ1) is 9.56. The van der Waals surface area contributed by atoms with Crippen molar-refractivity contribution in [3.8, 4) is 0 Å². The van der Waals surface area contributed by atoms with E-state index in [9.17, 15) is 4.79 Å². The number of hydrogen-bond donors (Lipinski definition) is 1. The molecule has 0 saturated carbocycles. The second-order valence-electron chi connectivity index (χ2n) is 4.14. The van der Waals surface area contributed by atoms with E-state index in [1.165, 1.54) is 0 Å². The van der Waals surface area contributed by atoms with Crippen LogP contribution in [0.25, 0.3) is 0 Å². The molecule has 2 rings (SSSR count). The van der Waals surface area contributed by atoms with Crippen molar-refractivity contribution in [2.45, 2.75) is 6.42 Å². The van der Waals surface area contributed by atoms with E-state index in [0.717, 1.165) is 5.69 Å². The normalized spacial score (nSPS) is 10.1. The average molecular weight is 324 g/mol. The number of rotatable bonds is 4. The molecule has 0 heterocycles. The first-order valence-corrected chi connectivity index (χ1v) is 7.06. The summed E-state index contributed by atoms with van der Waals surface area (Å²) >= 11 is 17.0. The highest BCUT2D eigenvalue weighted by Gasteiger charge is 2.13. The molecule has 0 radical (unpaired) electrons. The molecule has 0 spiro atoms. The van der Waals surface area contributed by atoms with Gasteiger partial charge in [-0.2, -0.15) is 0 Å². The summed E-state index contributed by atoms with van der Waals surface area (Å²) in [6, 6.07) is 14.2. The standard InChI is InChI=1S/C15H11Cl2NOS/c16-10-6-7-13(17)12(8-10)14(19)9-15(20)18-11-4-2-1-3-5-11/h1-8H,9H2,(H,18,20). The van der Waals surface area contributed by atoms with Crippen molar-refractivity contribution in [2.24, 2.45) is 0 Å². The third kappa shape index (κ3) is 4.04. The maximum Gasteiger partial charge on any atom is 0.171 e. The average Bonchev–Trinajstić information content (AvgIpc) is 2.42. The minimum absolute atomic E-state index is 0.0876. The highest BCUT2D eigenvalue weighted by atomic mass is 35.5. The van der Waals surface area contributed by atoms with E-state index in [1.807, 2.05) is 30.3 Å². The SMILES string of the molecule is O=C(CC(=S)Nc1ccccc1)c1cc(Cl)ccc1Cl. The van der Waals surface area contributed by atoms with Crippen molar-refractivity contribution in [3.63, 3.8) is 0 Å². The summed E-state index contributed by atoms with van der Waals surface area (Å²) in [6.07, 6.45) is 0.0876. The van der Waals surface area contributed by atoms with E-state index >= 15 is 0 Å². The largest absolute Gasteiger partial charge is 0.350 e. The van der Waals surface area contributed by atoms with Gasteiger partial charge in [0.1, 0.15) is 0 Å². The van der Waals surface area contributed by atoms with Gasteiger partial charge in [-0.3, -0.25) is 4.79 Å². The molecule has 2 aromatic rings. The lowest BCUT2D eigenvalue weighted by Crippen LogP contribution is -2.14. The van der Waals surface area contributed by atoms with Gasteiger partial charge in [-0.1, -0.05) is 53.6 Å². The van der Waals surface area contributed by atoms with Crippen LogP contribution < -0.4 is 5.32 Å². The Kier molecular flexibility index (Phi) is 5.12. The van der Waals surface area contributed by atoms with Crippen LogP contribution in [-0.4, -0.2) is 10.8 Å². The molecule has 0 aromatic heterocycles. The third-order valence-electron chi connectivity index (χ3n) is 2.61. The van der Waals surface area contributed by atoms with Crippen molar-refractivity contribution in [1.29, 1.82) is 0 Å². The zero-order valence-electron chi connectivity index (χ0n) is 10.4. The number of thiocarbonyl (C=S) groups is 1. The molecule has 0 aliphatic rings. The maximum absolute atomic E-state index is 12.1. The molecule has 0 bridgehead atoms. The molecule has 5 heteroatoms. The molecule has 0 aliphatic carbocycles. The number of Topliss-reactive ketones (excluding diaryl/α,β-unsaturated/α-hetero) is 1. The Bertz CT molecular complexity index is 644. The molecule has 102 valence electrons. The molecule has 0 saturated heterocycles. The van der Waals surface area contributed by atoms with Gasteiger partial charge in [0.05, 0.1) is 16.4 Å². The van der Waals surface area contributed by atoms with Crippen molar-refractivity contribution in [2.75, 3.05) is 5.32 Å². The number of carbonyl (C=O) groups excluding carboxylic acids is 1. The van der Waals surface area contributed by atoms with Gasteiger partial charge in [0, 0.05) is 16.3 Å². The predicted octanol–water partition coefficient (Wildman–Crippen LogP) is 5.01. The number of para-hydroxylation sites is 1. The third-order valence-corrected chi connectivity index (χ3v) is 3.42. The number of halogens is 2. The van der Waals surface area contributed by atoms with Crippen LogP contribution >= 0.6 is 35.4 Å². The Hall–Kier alpha value is -1.42. The molecule has 2 nitrogen and oxygen atoms in total. The number of benzene rings is 2. The van der Waals surface area contributed by atoms with E-state index in [4.69, 9.17) is 35.4 Å². The fourth-order valence-electron chi connectivity index (χ4n) is 1.68. The lowest BCUT2D eigenvalue weighted by atomic mass is 10.1. The second kappa shape index (κ2) is 6.84. The summed E-state index contributed by atoms with van der Waals surface area (Å²) in [5.74, 6) is -0.161. The highest BCUT2D eigenvalue weighted by Crippen LogP contribution is 2.22. The number of nitrogens with one attached hydrogen (secondary N) is 1. The van der Waals surface area contributed by atoms with Gasteiger partial charge < -0.3 is 5.32 Å². The van der Waals surface area contributed by atoms with Crippen LogP contribution in [0.4, 0.5) is 5.69 Å².